The van der Waals surface area contributed by atoms with Crippen LogP contribution in [0.5, 0.6) is 0 Å². The fourth-order valence-electron chi connectivity index (χ4n) is 3.35. The minimum absolute atomic E-state index is 0.292. The molecule has 1 aromatic heterocycles. The molecule has 2 aliphatic carbocycles. The molecule has 1 atom stereocenters. The Labute approximate surface area is 126 Å². The van der Waals surface area contributed by atoms with Crippen LogP contribution in [0.4, 0.5) is 0 Å². The van der Waals surface area contributed by atoms with Crippen LogP contribution in [0.3, 0.4) is 0 Å². The number of hydrogen-bond donors (Lipinski definition) is 1. The lowest BCUT2D eigenvalue weighted by atomic mass is 9.96. The molecule has 2 nitrogen and oxygen atoms in total. The van der Waals surface area contributed by atoms with Gasteiger partial charge in [-0.3, -0.25) is 4.98 Å². The number of rotatable bonds is 6. The zero-order chi connectivity index (χ0) is 14.1. The Morgan fingerprint density at radius 2 is 1.38 bits per heavy atom. The van der Waals surface area contributed by atoms with Crippen LogP contribution in [-0.4, -0.2) is 11.0 Å². The highest BCUT2D eigenvalue weighted by Crippen LogP contribution is 2.45. The summed E-state index contributed by atoms with van der Waals surface area (Å²) in [7, 11) is 0. The number of benzene rings is 1. The molecule has 1 unspecified atom stereocenters. The van der Waals surface area contributed by atoms with E-state index in [0.29, 0.717) is 12.1 Å². The van der Waals surface area contributed by atoms with E-state index in [-0.39, 0.29) is 0 Å². The summed E-state index contributed by atoms with van der Waals surface area (Å²) in [6.45, 7) is 0. The van der Waals surface area contributed by atoms with Crippen molar-refractivity contribution < 1.29 is 0 Å². The quantitative estimate of drug-likeness (QED) is 0.865. The normalized spacial score (nSPS) is 19.7. The van der Waals surface area contributed by atoms with Gasteiger partial charge in [-0.2, -0.15) is 0 Å². The monoisotopic (exact) mass is 278 g/mol. The van der Waals surface area contributed by atoms with Gasteiger partial charge in [0, 0.05) is 18.4 Å². The topological polar surface area (TPSA) is 24.9 Å². The van der Waals surface area contributed by atoms with E-state index in [9.17, 15) is 0 Å². The van der Waals surface area contributed by atoms with Crippen LogP contribution in [0, 0.1) is 11.8 Å². The van der Waals surface area contributed by atoms with Crippen molar-refractivity contribution >= 4 is 0 Å². The van der Waals surface area contributed by atoms with Crippen LogP contribution in [0.25, 0.3) is 0 Å². The molecule has 108 valence electrons. The zero-order valence-electron chi connectivity index (χ0n) is 12.3. The van der Waals surface area contributed by atoms with E-state index in [0.717, 1.165) is 11.8 Å². The minimum atomic E-state index is 0.292. The van der Waals surface area contributed by atoms with Gasteiger partial charge >= 0.3 is 0 Å². The van der Waals surface area contributed by atoms with E-state index >= 15 is 0 Å². The maximum Gasteiger partial charge on any atom is 0.0580 e. The van der Waals surface area contributed by atoms with Gasteiger partial charge in [-0.25, -0.2) is 0 Å². The molecule has 0 saturated heterocycles. The average molecular weight is 278 g/mol. The molecule has 0 aliphatic heterocycles. The van der Waals surface area contributed by atoms with Crippen molar-refractivity contribution in [2.24, 2.45) is 11.8 Å². The van der Waals surface area contributed by atoms with Gasteiger partial charge in [0.25, 0.3) is 0 Å². The van der Waals surface area contributed by atoms with E-state index in [1.807, 2.05) is 12.4 Å². The Morgan fingerprint density at radius 1 is 0.810 bits per heavy atom. The Bertz CT molecular complexity index is 522. The first-order chi connectivity index (χ1) is 10.4. The SMILES string of the molecule is c1ccc(C(NC(C2CC2)C2CC2)c2ccncc2)cc1. The highest BCUT2D eigenvalue weighted by atomic mass is 15.0. The third kappa shape index (κ3) is 3.01. The molecule has 0 spiro atoms. The van der Waals surface area contributed by atoms with E-state index in [2.05, 4.69) is 52.8 Å². The fourth-order valence-corrected chi connectivity index (χ4v) is 3.35. The molecule has 1 N–H and O–H groups in total. The zero-order valence-corrected chi connectivity index (χ0v) is 12.3. The standard InChI is InChI=1S/C19H22N2/c1-2-4-14(5-3-1)18(17-10-12-20-13-11-17)21-19(15-6-7-15)16-8-9-16/h1-5,10-13,15-16,18-19,21H,6-9H2. The first-order valence-electron chi connectivity index (χ1n) is 8.13. The second kappa shape index (κ2) is 5.61. The molecule has 2 aliphatic rings. The number of aromatic nitrogens is 1. The van der Waals surface area contributed by atoms with E-state index in [4.69, 9.17) is 0 Å². The number of nitrogens with one attached hydrogen (secondary N) is 1. The summed E-state index contributed by atoms with van der Waals surface area (Å²) in [6.07, 6.45) is 9.43. The third-order valence-electron chi connectivity index (χ3n) is 4.79. The molecule has 2 fully saturated rings. The summed E-state index contributed by atoms with van der Waals surface area (Å²) in [4.78, 5) is 4.17. The van der Waals surface area contributed by atoms with E-state index in [1.165, 1.54) is 36.8 Å². The molecule has 2 saturated carbocycles. The minimum Gasteiger partial charge on any atom is -0.303 e. The maximum absolute atomic E-state index is 4.17. The largest absolute Gasteiger partial charge is 0.303 e. The van der Waals surface area contributed by atoms with Gasteiger partial charge in [-0.15, -0.1) is 0 Å². The second-order valence-corrected chi connectivity index (χ2v) is 6.49. The molecule has 2 aromatic rings. The first-order valence-corrected chi connectivity index (χ1v) is 8.13. The molecule has 1 heterocycles. The van der Waals surface area contributed by atoms with Crippen molar-refractivity contribution in [1.29, 1.82) is 0 Å². The van der Waals surface area contributed by atoms with Crippen LogP contribution in [0.2, 0.25) is 0 Å². The molecule has 2 heteroatoms. The van der Waals surface area contributed by atoms with Crippen molar-refractivity contribution in [1.82, 2.24) is 10.3 Å². The highest BCUT2D eigenvalue weighted by Gasteiger charge is 2.42. The highest BCUT2D eigenvalue weighted by molar-refractivity contribution is 5.31. The second-order valence-electron chi connectivity index (χ2n) is 6.49. The number of pyridine rings is 1. The number of hydrogen-bond acceptors (Lipinski definition) is 2. The lowest BCUT2D eigenvalue weighted by Gasteiger charge is -2.27. The lowest BCUT2D eigenvalue weighted by Crippen LogP contribution is -2.36. The van der Waals surface area contributed by atoms with Gasteiger partial charge in [0.2, 0.25) is 0 Å². The van der Waals surface area contributed by atoms with Gasteiger partial charge in [0.1, 0.15) is 0 Å². The van der Waals surface area contributed by atoms with Gasteiger partial charge in [-0.1, -0.05) is 30.3 Å². The number of nitrogens with zero attached hydrogens (tertiary/aromatic N) is 1. The third-order valence-corrected chi connectivity index (χ3v) is 4.79. The average Bonchev–Trinajstić information content (AvgIpc) is 3.43. The summed E-state index contributed by atoms with van der Waals surface area (Å²) in [5, 5.41) is 3.98. The van der Waals surface area contributed by atoms with Crippen molar-refractivity contribution in [3.8, 4) is 0 Å². The van der Waals surface area contributed by atoms with Crippen LogP contribution in [-0.2, 0) is 0 Å². The summed E-state index contributed by atoms with van der Waals surface area (Å²) in [5.74, 6) is 1.82. The first kappa shape index (κ1) is 13.0. The predicted octanol–water partition coefficient (Wildman–Crippen LogP) is 3.95. The Balaban J connectivity index is 1.63. The van der Waals surface area contributed by atoms with Crippen molar-refractivity contribution in [2.45, 2.75) is 37.8 Å². The summed E-state index contributed by atoms with van der Waals surface area (Å²) < 4.78 is 0. The summed E-state index contributed by atoms with van der Waals surface area (Å²) in [6, 6.07) is 16.1. The Hall–Kier alpha value is -1.67. The Morgan fingerprint density at radius 3 is 1.95 bits per heavy atom. The van der Waals surface area contributed by atoms with E-state index < -0.39 is 0 Å². The molecule has 0 radical (unpaired) electrons. The van der Waals surface area contributed by atoms with Gasteiger partial charge in [0.15, 0.2) is 0 Å². The van der Waals surface area contributed by atoms with Gasteiger partial charge < -0.3 is 5.32 Å². The molecular weight excluding hydrogens is 256 g/mol. The molecule has 21 heavy (non-hydrogen) atoms. The summed E-state index contributed by atoms with van der Waals surface area (Å²) >= 11 is 0. The van der Waals surface area contributed by atoms with Crippen LogP contribution >= 0.6 is 0 Å². The predicted molar refractivity (Wildman–Crippen MR) is 84.9 cm³/mol. The van der Waals surface area contributed by atoms with Crippen LogP contribution < -0.4 is 5.32 Å². The van der Waals surface area contributed by atoms with Crippen molar-refractivity contribution in [3.05, 3.63) is 66.0 Å². The van der Waals surface area contributed by atoms with Crippen LogP contribution in [0.1, 0.15) is 42.9 Å². The van der Waals surface area contributed by atoms with Crippen molar-refractivity contribution in [3.63, 3.8) is 0 Å². The summed E-state index contributed by atoms with van der Waals surface area (Å²) in [5.41, 5.74) is 2.68. The van der Waals surface area contributed by atoms with Gasteiger partial charge in [0.05, 0.1) is 6.04 Å². The molecular formula is C19H22N2. The molecule has 0 amide bonds. The molecule has 4 rings (SSSR count). The fraction of sp³-hybridized carbons (Fsp3) is 0.421. The maximum atomic E-state index is 4.17. The lowest BCUT2D eigenvalue weighted by molar-refractivity contribution is 0.388. The molecule has 1 aromatic carbocycles. The smallest absolute Gasteiger partial charge is 0.0580 e. The van der Waals surface area contributed by atoms with Crippen LogP contribution in [0.15, 0.2) is 54.9 Å². The molecule has 0 bridgehead atoms. The van der Waals surface area contributed by atoms with Gasteiger partial charge in [-0.05, 0) is 60.8 Å². The Kier molecular flexibility index (Phi) is 3.48. The van der Waals surface area contributed by atoms with Crippen molar-refractivity contribution in [2.75, 3.05) is 0 Å². The van der Waals surface area contributed by atoms with E-state index in [1.54, 1.807) is 0 Å².